The van der Waals surface area contributed by atoms with E-state index in [4.69, 9.17) is 4.42 Å². The minimum Gasteiger partial charge on any atom is -0.441 e. The highest BCUT2D eigenvalue weighted by molar-refractivity contribution is 5.78. The van der Waals surface area contributed by atoms with Crippen molar-refractivity contribution >= 4 is 5.91 Å². The number of nitrogens with one attached hydrogen (secondary N) is 1. The van der Waals surface area contributed by atoms with Gasteiger partial charge in [-0.3, -0.25) is 4.79 Å². The fourth-order valence-corrected chi connectivity index (χ4v) is 1.88. The van der Waals surface area contributed by atoms with Crippen LogP contribution < -0.4 is 5.32 Å². The summed E-state index contributed by atoms with van der Waals surface area (Å²) in [7, 11) is 0. The van der Waals surface area contributed by atoms with Crippen molar-refractivity contribution in [2.75, 3.05) is 0 Å². The molecule has 1 aromatic heterocycles. The first-order valence-electron chi connectivity index (χ1n) is 6.91. The first-order chi connectivity index (χ1) is 9.60. The molecule has 0 bridgehead atoms. The molecule has 0 aliphatic carbocycles. The molecule has 0 saturated heterocycles. The highest BCUT2D eigenvalue weighted by atomic mass is 16.4. The lowest BCUT2D eigenvalue weighted by Gasteiger charge is -2.10. The molecule has 0 spiro atoms. The first-order valence-corrected chi connectivity index (χ1v) is 6.91. The number of hydrogen-bond donors (Lipinski definition) is 1. The molecule has 1 atom stereocenters. The number of rotatable bonds is 5. The maximum absolute atomic E-state index is 11.9. The topological polar surface area (TPSA) is 55.1 Å². The third-order valence-electron chi connectivity index (χ3n) is 3.26. The van der Waals surface area contributed by atoms with E-state index in [-0.39, 0.29) is 18.4 Å². The molecule has 1 unspecified atom stereocenters. The smallest absolute Gasteiger partial charge is 0.226 e. The monoisotopic (exact) mass is 272 g/mol. The molecule has 1 amide bonds. The number of oxazole rings is 1. The summed E-state index contributed by atoms with van der Waals surface area (Å²) in [5, 5.41) is 2.93. The summed E-state index contributed by atoms with van der Waals surface area (Å²) in [6, 6.07) is 9.87. The number of carbonyl (C=O) groups is 1. The van der Waals surface area contributed by atoms with Crippen LogP contribution in [0, 0.1) is 6.92 Å². The Bertz CT molecular complexity index is 575. The van der Waals surface area contributed by atoms with Crippen LogP contribution in [0.2, 0.25) is 0 Å². The maximum Gasteiger partial charge on any atom is 0.226 e. The van der Waals surface area contributed by atoms with Crippen molar-refractivity contribution in [1.29, 1.82) is 0 Å². The van der Waals surface area contributed by atoms with Gasteiger partial charge in [0.25, 0.3) is 0 Å². The third-order valence-corrected chi connectivity index (χ3v) is 3.26. The summed E-state index contributed by atoms with van der Waals surface area (Å²) in [6.07, 6.45) is 1.17. The molecule has 2 aromatic rings. The Hall–Kier alpha value is -2.10. The molecule has 0 aliphatic rings. The van der Waals surface area contributed by atoms with Gasteiger partial charge >= 0.3 is 0 Å². The quantitative estimate of drug-likeness (QED) is 0.910. The molecule has 20 heavy (non-hydrogen) atoms. The Kier molecular flexibility index (Phi) is 4.56. The van der Waals surface area contributed by atoms with E-state index < -0.39 is 0 Å². The van der Waals surface area contributed by atoms with Crippen LogP contribution in [0.15, 0.2) is 34.7 Å². The number of benzene rings is 1. The molecule has 1 aromatic carbocycles. The van der Waals surface area contributed by atoms with E-state index in [0.717, 1.165) is 12.0 Å². The van der Waals surface area contributed by atoms with E-state index in [2.05, 4.69) is 10.3 Å². The molecule has 0 aliphatic heterocycles. The average Bonchev–Trinajstić information content (AvgIpc) is 2.81. The molecular weight excluding hydrogens is 252 g/mol. The molecule has 106 valence electrons. The second kappa shape index (κ2) is 6.37. The number of hydrogen-bond acceptors (Lipinski definition) is 3. The summed E-state index contributed by atoms with van der Waals surface area (Å²) in [5.74, 6) is 1.24. The van der Waals surface area contributed by atoms with Crippen LogP contribution in [0.1, 0.15) is 31.7 Å². The molecule has 1 N–H and O–H groups in total. The van der Waals surface area contributed by atoms with E-state index in [1.807, 2.05) is 51.1 Å². The van der Waals surface area contributed by atoms with Crippen molar-refractivity contribution in [2.24, 2.45) is 0 Å². The Morgan fingerprint density at radius 2 is 2.05 bits per heavy atom. The van der Waals surface area contributed by atoms with Gasteiger partial charge in [-0.05, 0) is 32.4 Å². The molecule has 4 heteroatoms. The second-order valence-corrected chi connectivity index (χ2v) is 4.94. The van der Waals surface area contributed by atoms with Gasteiger partial charge in [0, 0.05) is 11.6 Å². The zero-order valence-electron chi connectivity index (χ0n) is 12.1. The molecule has 2 rings (SSSR count). The maximum atomic E-state index is 11.9. The standard InChI is InChI=1S/C16H20N2O2/c1-4-11(2)17-15(19)10-14-12(3)20-16(18-14)13-8-6-5-7-9-13/h5-9,11H,4,10H2,1-3H3,(H,17,19). The van der Waals surface area contributed by atoms with Gasteiger partial charge in [0.15, 0.2) is 0 Å². The lowest BCUT2D eigenvalue weighted by atomic mass is 10.2. The fourth-order valence-electron chi connectivity index (χ4n) is 1.88. The molecular formula is C16H20N2O2. The molecule has 0 saturated carbocycles. The third kappa shape index (κ3) is 3.47. The van der Waals surface area contributed by atoms with Crippen molar-refractivity contribution in [3.8, 4) is 11.5 Å². The summed E-state index contributed by atoms with van der Waals surface area (Å²) in [5.41, 5.74) is 1.62. The molecule has 1 heterocycles. The van der Waals surface area contributed by atoms with Crippen molar-refractivity contribution < 1.29 is 9.21 Å². The lowest BCUT2D eigenvalue weighted by molar-refractivity contribution is -0.121. The first kappa shape index (κ1) is 14.3. The summed E-state index contributed by atoms with van der Waals surface area (Å²) in [4.78, 5) is 16.3. The normalized spacial score (nSPS) is 12.2. The number of aromatic nitrogens is 1. The van der Waals surface area contributed by atoms with E-state index in [0.29, 0.717) is 17.3 Å². The van der Waals surface area contributed by atoms with Gasteiger partial charge in [-0.25, -0.2) is 4.98 Å². The van der Waals surface area contributed by atoms with Crippen LogP contribution in [-0.2, 0) is 11.2 Å². The van der Waals surface area contributed by atoms with Crippen LogP contribution in [0.3, 0.4) is 0 Å². The van der Waals surface area contributed by atoms with E-state index in [1.54, 1.807) is 0 Å². The predicted octanol–water partition coefficient (Wildman–Crippen LogP) is 3.11. The average molecular weight is 272 g/mol. The predicted molar refractivity (Wildman–Crippen MR) is 78.3 cm³/mol. The fraction of sp³-hybridized carbons (Fsp3) is 0.375. The van der Waals surface area contributed by atoms with E-state index in [1.165, 1.54) is 0 Å². The SMILES string of the molecule is CCC(C)NC(=O)Cc1nc(-c2ccccc2)oc1C. The minimum atomic E-state index is -0.0182. The van der Waals surface area contributed by atoms with Crippen LogP contribution >= 0.6 is 0 Å². The number of nitrogens with zero attached hydrogens (tertiary/aromatic N) is 1. The van der Waals surface area contributed by atoms with Crippen molar-refractivity contribution in [2.45, 2.75) is 39.7 Å². The lowest BCUT2D eigenvalue weighted by Crippen LogP contribution is -2.33. The van der Waals surface area contributed by atoms with E-state index >= 15 is 0 Å². The van der Waals surface area contributed by atoms with Crippen LogP contribution in [0.4, 0.5) is 0 Å². The van der Waals surface area contributed by atoms with Gasteiger partial charge in [0.2, 0.25) is 11.8 Å². The van der Waals surface area contributed by atoms with Crippen molar-refractivity contribution in [3.05, 3.63) is 41.8 Å². The number of amides is 1. The summed E-state index contributed by atoms with van der Waals surface area (Å²) in [6.45, 7) is 5.87. The molecule has 0 fully saturated rings. The minimum absolute atomic E-state index is 0.0182. The van der Waals surface area contributed by atoms with Gasteiger partial charge in [0.05, 0.1) is 12.1 Å². The molecule has 4 nitrogen and oxygen atoms in total. The zero-order valence-corrected chi connectivity index (χ0v) is 12.1. The van der Waals surface area contributed by atoms with Crippen LogP contribution in [0.25, 0.3) is 11.5 Å². The highest BCUT2D eigenvalue weighted by Gasteiger charge is 2.15. The van der Waals surface area contributed by atoms with Gasteiger partial charge in [-0.1, -0.05) is 25.1 Å². The Balaban J connectivity index is 2.10. The Morgan fingerprint density at radius 1 is 1.35 bits per heavy atom. The van der Waals surface area contributed by atoms with Crippen molar-refractivity contribution in [3.63, 3.8) is 0 Å². The second-order valence-electron chi connectivity index (χ2n) is 4.94. The van der Waals surface area contributed by atoms with Crippen molar-refractivity contribution in [1.82, 2.24) is 10.3 Å². The van der Waals surface area contributed by atoms with E-state index in [9.17, 15) is 4.79 Å². The summed E-state index contributed by atoms with van der Waals surface area (Å²) >= 11 is 0. The number of carbonyl (C=O) groups excluding carboxylic acids is 1. The molecule has 0 radical (unpaired) electrons. The summed E-state index contributed by atoms with van der Waals surface area (Å²) < 4.78 is 5.64. The highest BCUT2D eigenvalue weighted by Crippen LogP contribution is 2.21. The zero-order chi connectivity index (χ0) is 14.5. The van der Waals surface area contributed by atoms with Gasteiger partial charge in [-0.2, -0.15) is 0 Å². The number of aryl methyl sites for hydroxylation is 1. The van der Waals surface area contributed by atoms with Gasteiger partial charge < -0.3 is 9.73 Å². The van der Waals surface area contributed by atoms with Gasteiger partial charge in [0.1, 0.15) is 5.76 Å². The Labute approximate surface area is 119 Å². The Morgan fingerprint density at radius 3 is 2.70 bits per heavy atom. The van der Waals surface area contributed by atoms with Crippen LogP contribution in [-0.4, -0.2) is 16.9 Å². The van der Waals surface area contributed by atoms with Gasteiger partial charge in [-0.15, -0.1) is 0 Å². The van der Waals surface area contributed by atoms with Crippen LogP contribution in [0.5, 0.6) is 0 Å². The largest absolute Gasteiger partial charge is 0.441 e.